The Hall–Kier alpha value is -3.11. The van der Waals surface area contributed by atoms with Gasteiger partial charge in [0.2, 0.25) is 0 Å². The Morgan fingerprint density at radius 1 is 1.06 bits per heavy atom. The van der Waals surface area contributed by atoms with Crippen molar-refractivity contribution < 1.29 is 32.6 Å². The number of sulfonamides is 1. The maximum absolute atomic E-state index is 13.7. The molecule has 4 rings (SSSR count). The molecule has 1 amide bonds. The van der Waals surface area contributed by atoms with Gasteiger partial charge < -0.3 is 14.6 Å². The molecule has 10 heteroatoms. The highest BCUT2D eigenvalue weighted by atomic mass is 32.2. The van der Waals surface area contributed by atoms with Crippen LogP contribution in [0, 0.1) is 0 Å². The minimum absolute atomic E-state index is 0.0201. The number of ether oxygens (including phenoxy) is 2. The number of esters is 1. The lowest BCUT2D eigenvalue weighted by molar-refractivity contribution is -0.155. The number of nitrogens with zero attached hydrogens (tertiary/aromatic N) is 2. The van der Waals surface area contributed by atoms with E-state index in [4.69, 9.17) is 9.47 Å². The topological polar surface area (TPSA) is 113 Å². The molecular weight excluding hydrogens is 424 g/mol. The average Bonchev–Trinajstić information content (AvgIpc) is 3.30. The quantitative estimate of drug-likeness (QED) is 0.711. The number of aliphatic hydroxyl groups is 1. The third-order valence-corrected chi connectivity index (χ3v) is 7.75. The van der Waals surface area contributed by atoms with E-state index in [9.17, 15) is 23.1 Å². The predicted octanol–water partition coefficient (Wildman–Crippen LogP) is 1.68. The molecule has 1 N–H and O–H groups in total. The predicted molar refractivity (Wildman–Crippen MR) is 110 cm³/mol. The Morgan fingerprint density at radius 2 is 1.71 bits per heavy atom. The highest BCUT2D eigenvalue weighted by Gasteiger charge is 2.65. The van der Waals surface area contributed by atoms with Gasteiger partial charge in [-0.25, -0.2) is 22.3 Å². The lowest BCUT2D eigenvalue weighted by Crippen LogP contribution is -2.62. The summed E-state index contributed by atoms with van der Waals surface area (Å²) in [6.07, 6.45) is -2.07. The summed E-state index contributed by atoms with van der Waals surface area (Å²) in [7, 11) is -1.84. The number of fused-ring (bicyclic) bond motifs is 3. The van der Waals surface area contributed by atoms with Gasteiger partial charge in [-0.05, 0) is 30.2 Å². The molecule has 0 radical (unpaired) electrons. The molecule has 0 saturated carbocycles. The number of para-hydroxylation sites is 1. The van der Waals surface area contributed by atoms with Crippen molar-refractivity contribution in [3.8, 4) is 0 Å². The summed E-state index contributed by atoms with van der Waals surface area (Å²) in [5, 5.41) is 10.2. The zero-order valence-corrected chi connectivity index (χ0v) is 17.8. The van der Waals surface area contributed by atoms with E-state index in [0.717, 1.165) is 23.4 Å². The Bertz CT molecular complexity index is 1120. The van der Waals surface area contributed by atoms with Crippen molar-refractivity contribution in [3.05, 3.63) is 60.2 Å². The number of hydrogen-bond acceptors (Lipinski definition) is 7. The van der Waals surface area contributed by atoms with Crippen LogP contribution in [0.1, 0.15) is 17.9 Å². The molecule has 164 valence electrons. The largest absolute Gasteiger partial charge is 0.467 e. The van der Waals surface area contributed by atoms with Gasteiger partial charge >= 0.3 is 12.1 Å². The van der Waals surface area contributed by atoms with Crippen LogP contribution in [0.25, 0.3) is 0 Å². The number of rotatable bonds is 4. The molecule has 2 aliphatic rings. The second-order valence-corrected chi connectivity index (χ2v) is 9.23. The van der Waals surface area contributed by atoms with Crippen molar-refractivity contribution in [2.75, 3.05) is 25.1 Å². The van der Waals surface area contributed by atoms with E-state index in [1.807, 2.05) is 0 Å². The summed E-state index contributed by atoms with van der Waals surface area (Å²) >= 11 is 0. The molecule has 1 fully saturated rings. The summed E-state index contributed by atoms with van der Waals surface area (Å²) in [5.74, 6) is -1.41. The summed E-state index contributed by atoms with van der Waals surface area (Å²) in [5.41, 5.74) is -0.721. The van der Waals surface area contributed by atoms with Crippen LogP contribution < -0.4 is 4.31 Å². The molecule has 0 bridgehead atoms. The maximum Gasteiger partial charge on any atom is 0.412 e. The van der Waals surface area contributed by atoms with Crippen LogP contribution in [0.15, 0.2) is 59.5 Å². The first-order chi connectivity index (χ1) is 14.8. The van der Waals surface area contributed by atoms with Gasteiger partial charge in [-0.2, -0.15) is 0 Å². The molecule has 0 unspecified atom stereocenters. The SMILES string of the molecule is COC(=O)N1[C@@H]2[C@H](C[C@@]1(CO)C(=O)OC)c1ccccc1N2S(=O)(=O)c1ccccc1. The second kappa shape index (κ2) is 7.54. The number of amides is 1. The van der Waals surface area contributed by atoms with E-state index in [-0.39, 0.29) is 11.3 Å². The van der Waals surface area contributed by atoms with Crippen LogP contribution in [-0.4, -0.2) is 63.0 Å². The molecule has 3 atom stereocenters. The highest BCUT2D eigenvalue weighted by molar-refractivity contribution is 7.92. The summed E-state index contributed by atoms with van der Waals surface area (Å²) in [6.45, 7) is -0.747. The van der Waals surface area contributed by atoms with Gasteiger partial charge in [-0.1, -0.05) is 36.4 Å². The molecule has 2 aliphatic heterocycles. The van der Waals surface area contributed by atoms with Gasteiger partial charge in [0.05, 0.1) is 31.4 Å². The molecule has 0 aliphatic carbocycles. The molecule has 0 spiro atoms. The smallest absolute Gasteiger partial charge is 0.412 e. The molecule has 1 saturated heterocycles. The first-order valence-corrected chi connectivity index (χ1v) is 11.0. The van der Waals surface area contributed by atoms with E-state index in [1.54, 1.807) is 42.5 Å². The van der Waals surface area contributed by atoms with Gasteiger partial charge in [-0.15, -0.1) is 0 Å². The van der Waals surface area contributed by atoms with Crippen molar-refractivity contribution in [1.29, 1.82) is 0 Å². The van der Waals surface area contributed by atoms with Crippen molar-refractivity contribution >= 4 is 27.8 Å². The number of methoxy groups -OCH3 is 2. The normalized spacial score (nSPS) is 24.5. The molecule has 0 aromatic heterocycles. The van der Waals surface area contributed by atoms with Crippen LogP contribution in [-0.2, 0) is 24.3 Å². The minimum atomic E-state index is -4.12. The summed E-state index contributed by atoms with van der Waals surface area (Å²) in [4.78, 5) is 26.7. The van der Waals surface area contributed by atoms with Crippen molar-refractivity contribution in [2.45, 2.75) is 28.9 Å². The maximum atomic E-state index is 13.7. The molecular formula is C21H22N2O7S. The Balaban J connectivity index is 1.97. The van der Waals surface area contributed by atoms with Crippen LogP contribution in [0.4, 0.5) is 10.5 Å². The third kappa shape index (κ3) is 2.89. The van der Waals surface area contributed by atoms with Crippen LogP contribution >= 0.6 is 0 Å². The van der Waals surface area contributed by atoms with Gasteiger partial charge in [0.15, 0.2) is 5.54 Å². The lowest BCUT2D eigenvalue weighted by Gasteiger charge is -2.39. The Morgan fingerprint density at radius 3 is 2.32 bits per heavy atom. The molecule has 9 nitrogen and oxygen atoms in total. The van der Waals surface area contributed by atoms with Crippen molar-refractivity contribution in [3.63, 3.8) is 0 Å². The van der Waals surface area contributed by atoms with Crippen LogP contribution in [0.3, 0.4) is 0 Å². The molecule has 2 aromatic carbocycles. The number of hydrogen-bond donors (Lipinski definition) is 1. The zero-order chi connectivity index (χ0) is 22.4. The van der Waals surface area contributed by atoms with Gasteiger partial charge in [0.25, 0.3) is 10.0 Å². The zero-order valence-electron chi connectivity index (χ0n) is 17.0. The lowest BCUT2D eigenvalue weighted by atomic mass is 9.89. The summed E-state index contributed by atoms with van der Waals surface area (Å²) < 4.78 is 38.3. The van der Waals surface area contributed by atoms with Gasteiger partial charge in [0, 0.05) is 5.92 Å². The monoisotopic (exact) mass is 446 g/mol. The van der Waals surface area contributed by atoms with E-state index in [2.05, 4.69) is 0 Å². The number of carbonyl (C=O) groups is 2. The average molecular weight is 446 g/mol. The fraction of sp³-hybridized carbons (Fsp3) is 0.333. The first kappa shape index (κ1) is 21.1. The standard InChI is InChI=1S/C21H22N2O7S/c1-29-19(25)21(13-24)12-16-15-10-6-7-11-17(15)23(18(16)22(21)20(26)30-2)31(27,28)14-8-4-3-5-9-14/h3-11,16,18,24H,12-13H2,1-2H3/t16-,18+,21-/m1/s1. The van der Waals surface area contributed by atoms with Crippen LogP contribution in [0.2, 0.25) is 0 Å². The number of likely N-dealkylation sites (tertiary alicyclic amines) is 1. The number of aliphatic hydroxyl groups excluding tert-OH is 1. The summed E-state index contributed by atoms with van der Waals surface area (Å²) in [6, 6.07) is 14.7. The van der Waals surface area contributed by atoms with E-state index in [1.165, 1.54) is 12.1 Å². The fourth-order valence-corrected chi connectivity index (χ4v) is 6.30. The van der Waals surface area contributed by atoms with Gasteiger partial charge in [0.1, 0.15) is 6.17 Å². The minimum Gasteiger partial charge on any atom is -0.467 e. The third-order valence-electron chi connectivity index (χ3n) is 5.96. The molecule has 31 heavy (non-hydrogen) atoms. The number of carbonyl (C=O) groups excluding carboxylic acids is 2. The van der Waals surface area contributed by atoms with E-state index < -0.39 is 46.3 Å². The van der Waals surface area contributed by atoms with E-state index in [0.29, 0.717) is 11.3 Å². The second-order valence-electron chi connectivity index (χ2n) is 7.42. The Kier molecular flexibility index (Phi) is 5.14. The molecule has 2 heterocycles. The number of anilines is 1. The van der Waals surface area contributed by atoms with Crippen molar-refractivity contribution in [2.24, 2.45) is 0 Å². The number of benzene rings is 2. The fourth-order valence-electron chi connectivity index (χ4n) is 4.62. The van der Waals surface area contributed by atoms with Gasteiger partial charge in [-0.3, -0.25) is 4.90 Å². The first-order valence-electron chi connectivity index (χ1n) is 9.58. The highest BCUT2D eigenvalue weighted by Crippen LogP contribution is 2.55. The van der Waals surface area contributed by atoms with Crippen molar-refractivity contribution in [1.82, 2.24) is 4.90 Å². The van der Waals surface area contributed by atoms with E-state index >= 15 is 0 Å². The molecule has 2 aromatic rings. The Labute approximate surface area is 179 Å². The van der Waals surface area contributed by atoms with Crippen LogP contribution in [0.5, 0.6) is 0 Å².